The van der Waals surface area contributed by atoms with E-state index in [-0.39, 0.29) is 24.7 Å². The highest BCUT2D eigenvalue weighted by atomic mass is 127. The van der Waals surface area contributed by atoms with E-state index < -0.39 is 17.8 Å². The molecule has 3 aromatic carbocycles. The zero-order valence-corrected chi connectivity index (χ0v) is 21.9. The molecule has 0 bridgehead atoms. The number of halogens is 3. The van der Waals surface area contributed by atoms with Crippen molar-refractivity contribution in [2.24, 2.45) is 0 Å². The van der Waals surface area contributed by atoms with Gasteiger partial charge in [-0.1, -0.05) is 35.3 Å². The summed E-state index contributed by atoms with van der Waals surface area (Å²) in [6.45, 7) is 0.285. The van der Waals surface area contributed by atoms with Crippen LogP contribution in [0.2, 0.25) is 10.0 Å². The van der Waals surface area contributed by atoms with Crippen LogP contribution in [-0.4, -0.2) is 24.6 Å². The van der Waals surface area contributed by atoms with Crippen molar-refractivity contribution in [2.75, 3.05) is 11.7 Å². The first-order valence-corrected chi connectivity index (χ1v) is 12.3. The van der Waals surface area contributed by atoms with Crippen LogP contribution in [0.4, 0.5) is 10.5 Å². The van der Waals surface area contributed by atoms with Crippen LogP contribution < -0.4 is 24.4 Å². The Hall–Kier alpha value is -3.28. The maximum absolute atomic E-state index is 13.2. The fraction of sp³-hybridized carbons (Fsp3) is 0.0800. The third kappa shape index (κ3) is 4.86. The van der Waals surface area contributed by atoms with E-state index in [1.165, 1.54) is 12.1 Å². The maximum Gasteiger partial charge on any atom is 0.335 e. The van der Waals surface area contributed by atoms with Crippen LogP contribution in [0.15, 0.2) is 60.2 Å². The molecule has 0 spiro atoms. The van der Waals surface area contributed by atoms with E-state index in [1.807, 2.05) is 0 Å². The third-order valence-electron chi connectivity index (χ3n) is 5.38. The lowest BCUT2D eigenvalue weighted by molar-refractivity contribution is -0.122. The standard InChI is InChI=1S/C25H15Cl2IN2O6/c26-15-3-2-14(18(27)9-15)11-34-20-5-1-13(8-19(20)28)7-17-23(31)29-25(33)30(24(17)32)16-4-6-21-22(10-16)36-12-35-21/h1-10H,11-12H2,(H,29,31,33)/b17-7+. The van der Waals surface area contributed by atoms with Crippen LogP contribution in [0.3, 0.4) is 0 Å². The largest absolute Gasteiger partial charge is 0.488 e. The van der Waals surface area contributed by atoms with Gasteiger partial charge in [-0.05, 0) is 70.6 Å². The maximum atomic E-state index is 13.2. The van der Waals surface area contributed by atoms with Gasteiger partial charge in [-0.15, -0.1) is 0 Å². The molecule has 0 aliphatic carbocycles. The first kappa shape index (κ1) is 24.4. The minimum Gasteiger partial charge on any atom is -0.488 e. The van der Waals surface area contributed by atoms with Crippen molar-refractivity contribution in [3.63, 3.8) is 0 Å². The van der Waals surface area contributed by atoms with Gasteiger partial charge < -0.3 is 14.2 Å². The molecule has 1 N–H and O–H groups in total. The van der Waals surface area contributed by atoms with E-state index in [0.717, 1.165) is 14.0 Å². The first-order chi connectivity index (χ1) is 17.3. The van der Waals surface area contributed by atoms with Gasteiger partial charge in [0.2, 0.25) is 6.79 Å². The Kier molecular flexibility index (Phi) is 6.78. The summed E-state index contributed by atoms with van der Waals surface area (Å²) in [5, 5.41) is 3.25. The fourth-order valence-corrected chi connectivity index (χ4v) is 4.76. The zero-order valence-electron chi connectivity index (χ0n) is 18.2. The summed E-state index contributed by atoms with van der Waals surface area (Å²) < 4.78 is 17.2. The third-order valence-corrected chi connectivity index (χ3v) is 6.81. The van der Waals surface area contributed by atoms with Crippen molar-refractivity contribution < 1.29 is 28.6 Å². The summed E-state index contributed by atoms with van der Waals surface area (Å²) in [7, 11) is 0. The summed E-state index contributed by atoms with van der Waals surface area (Å²) in [5.74, 6) is -0.0309. The Labute approximate surface area is 228 Å². The van der Waals surface area contributed by atoms with Crippen LogP contribution in [-0.2, 0) is 16.2 Å². The predicted octanol–water partition coefficient (Wildman–Crippen LogP) is 5.57. The quantitative estimate of drug-likeness (QED) is 0.224. The van der Waals surface area contributed by atoms with Gasteiger partial charge >= 0.3 is 6.03 Å². The van der Waals surface area contributed by atoms with Gasteiger partial charge in [-0.2, -0.15) is 0 Å². The molecule has 0 atom stereocenters. The van der Waals surface area contributed by atoms with Gasteiger partial charge in [-0.3, -0.25) is 14.9 Å². The van der Waals surface area contributed by atoms with Gasteiger partial charge in [0.15, 0.2) is 11.5 Å². The van der Waals surface area contributed by atoms with Crippen LogP contribution in [0.25, 0.3) is 6.08 Å². The number of anilines is 1. The second-order valence-electron chi connectivity index (χ2n) is 7.71. The predicted molar refractivity (Wildman–Crippen MR) is 142 cm³/mol. The topological polar surface area (TPSA) is 94.2 Å². The van der Waals surface area contributed by atoms with Gasteiger partial charge in [-0.25, -0.2) is 9.69 Å². The van der Waals surface area contributed by atoms with Crippen molar-refractivity contribution in [3.8, 4) is 17.2 Å². The molecular weight excluding hydrogens is 622 g/mol. The Bertz CT molecular complexity index is 1460. The number of hydrogen-bond donors (Lipinski definition) is 1. The number of urea groups is 1. The summed E-state index contributed by atoms with van der Waals surface area (Å²) in [6, 6.07) is 14.2. The molecule has 0 unspecified atom stereocenters. The number of imide groups is 2. The average Bonchev–Trinajstić information content (AvgIpc) is 3.30. The number of nitrogens with one attached hydrogen (secondary N) is 1. The molecule has 36 heavy (non-hydrogen) atoms. The van der Waals surface area contributed by atoms with E-state index in [9.17, 15) is 14.4 Å². The number of nitrogens with zero attached hydrogens (tertiary/aromatic N) is 1. The van der Waals surface area contributed by atoms with Gasteiger partial charge in [0.05, 0.1) is 9.26 Å². The fourth-order valence-electron chi connectivity index (χ4n) is 3.60. The average molecular weight is 637 g/mol. The molecule has 1 saturated heterocycles. The molecule has 1 fully saturated rings. The van der Waals surface area contributed by atoms with E-state index in [4.69, 9.17) is 37.4 Å². The molecule has 11 heteroatoms. The van der Waals surface area contributed by atoms with E-state index in [2.05, 4.69) is 27.9 Å². The van der Waals surface area contributed by atoms with E-state index in [1.54, 1.807) is 48.5 Å². The highest BCUT2D eigenvalue weighted by Gasteiger charge is 2.37. The molecule has 2 aliphatic rings. The van der Waals surface area contributed by atoms with Crippen molar-refractivity contribution in [1.82, 2.24) is 5.32 Å². The van der Waals surface area contributed by atoms with Crippen molar-refractivity contribution in [3.05, 3.63) is 84.9 Å². The number of rotatable bonds is 5. The number of barbiturate groups is 1. The highest BCUT2D eigenvalue weighted by molar-refractivity contribution is 14.1. The van der Waals surface area contributed by atoms with E-state index >= 15 is 0 Å². The second-order valence-corrected chi connectivity index (χ2v) is 9.72. The molecule has 0 saturated carbocycles. The Balaban J connectivity index is 1.37. The number of carbonyl (C=O) groups excluding carboxylic acids is 3. The molecule has 0 radical (unpaired) electrons. The lowest BCUT2D eigenvalue weighted by Gasteiger charge is -2.26. The highest BCUT2D eigenvalue weighted by Crippen LogP contribution is 2.36. The summed E-state index contributed by atoms with van der Waals surface area (Å²) in [6.07, 6.45) is 1.42. The first-order valence-electron chi connectivity index (χ1n) is 10.5. The van der Waals surface area contributed by atoms with Gasteiger partial charge in [0, 0.05) is 21.7 Å². The summed E-state index contributed by atoms with van der Waals surface area (Å²) in [4.78, 5) is 39.0. The molecule has 2 aliphatic heterocycles. The molecule has 4 amide bonds. The lowest BCUT2D eigenvalue weighted by Crippen LogP contribution is -2.54. The Morgan fingerprint density at radius 2 is 1.81 bits per heavy atom. The van der Waals surface area contributed by atoms with Crippen LogP contribution in [0.1, 0.15) is 11.1 Å². The Morgan fingerprint density at radius 1 is 1.00 bits per heavy atom. The Morgan fingerprint density at radius 3 is 2.58 bits per heavy atom. The monoisotopic (exact) mass is 636 g/mol. The summed E-state index contributed by atoms with van der Waals surface area (Å²) in [5.41, 5.74) is 1.42. The normalized spacial score (nSPS) is 15.9. The van der Waals surface area contributed by atoms with Crippen LogP contribution in [0.5, 0.6) is 17.2 Å². The minimum atomic E-state index is -0.847. The lowest BCUT2D eigenvalue weighted by atomic mass is 10.1. The number of carbonyl (C=O) groups is 3. The molecule has 8 nitrogen and oxygen atoms in total. The molecule has 5 rings (SSSR count). The number of hydrogen-bond acceptors (Lipinski definition) is 6. The zero-order chi connectivity index (χ0) is 25.4. The SMILES string of the molecule is O=C1NC(=O)N(c2ccc3c(c2)OCO3)C(=O)/C1=C/c1ccc(OCc2ccc(Cl)cc2Cl)c(I)c1. The van der Waals surface area contributed by atoms with E-state index in [0.29, 0.717) is 32.9 Å². The number of amides is 4. The smallest absolute Gasteiger partial charge is 0.335 e. The van der Waals surface area contributed by atoms with Gasteiger partial charge in [0.1, 0.15) is 17.9 Å². The van der Waals surface area contributed by atoms with Crippen molar-refractivity contribution in [2.45, 2.75) is 6.61 Å². The molecule has 2 heterocycles. The molecule has 182 valence electrons. The molecular formula is C25H15Cl2IN2O6. The minimum absolute atomic E-state index is 0.0493. The second kappa shape index (κ2) is 10.00. The summed E-state index contributed by atoms with van der Waals surface area (Å²) >= 11 is 14.2. The molecule has 3 aromatic rings. The number of fused-ring (bicyclic) bond motifs is 1. The van der Waals surface area contributed by atoms with Gasteiger partial charge in [0.25, 0.3) is 11.8 Å². The van der Waals surface area contributed by atoms with Crippen molar-refractivity contribution >= 4 is 75.4 Å². The van der Waals surface area contributed by atoms with Crippen molar-refractivity contribution in [1.29, 1.82) is 0 Å². The van der Waals surface area contributed by atoms with Crippen LogP contribution in [0, 0.1) is 3.57 Å². The molecule has 0 aromatic heterocycles. The van der Waals surface area contributed by atoms with Crippen LogP contribution >= 0.6 is 45.8 Å². The number of ether oxygens (including phenoxy) is 3. The number of benzene rings is 3.